The molecule has 2 unspecified atom stereocenters. The highest BCUT2D eigenvalue weighted by molar-refractivity contribution is 7.91. The van der Waals surface area contributed by atoms with Gasteiger partial charge in [0.2, 0.25) is 0 Å². The van der Waals surface area contributed by atoms with E-state index in [2.05, 4.69) is 44.7 Å². The Hall–Kier alpha value is -2.69. The molecule has 10 heteroatoms. The van der Waals surface area contributed by atoms with Crippen molar-refractivity contribution in [1.29, 1.82) is 0 Å². The number of hydrogen-bond acceptors (Lipinski definition) is 8. The standard InChI is InChI=1S/C27H35N5O4S/c1-18-5-6-23(36-18)16-35-22-4-2-3-20(13-22)24-15-32(27-25(24)26(28)29-17-30-27)21-11-19(12-21)14-31-7-9-37(33,34)10-8-31/h2-4,13,15,17-19,21,23H,5-12,14,16H2,1H3,(H2,28,29,30). The van der Waals surface area contributed by atoms with E-state index in [0.29, 0.717) is 43.6 Å². The zero-order valence-electron chi connectivity index (χ0n) is 21.3. The molecule has 3 aromatic rings. The van der Waals surface area contributed by atoms with E-state index in [9.17, 15) is 8.42 Å². The monoisotopic (exact) mass is 525 g/mol. The van der Waals surface area contributed by atoms with Crippen molar-refractivity contribution in [3.63, 3.8) is 0 Å². The number of nitrogens with two attached hydrogens (primary N) is 1. The minimum atomic E-state index is -2.85. The van der Waals surface area contributed by atoms with Crippen LogP contribution in [0.5, 0.6) is 5.75 Å². The molecular formula is C27H35N5O4S. The summed E-state index contributed by atoms with van der Waals surface area (Å²) in [5.41, 5.74) is 9.25. The molecule has 198 valence electrons. The highest BCUT2D eigenvalue weighted by Gasteiger charge is 2.34. The summed E-state index contributed by atoms with van der Waals surface area (Å²) < 4.78 is 37.7. The molecule has 0 bridgehead atoms. The number of sulfone groups is 1. The van der Waals surface area contributed by atoms with Crippen LogP contribution in [0.15, 0.2) is 36.8 Å². The normalized spacial score (nSPS) is 27.8. The second-order valence-electron chi connectivity index (χ2n) is 10.8. The van der Waals surface area contributed by atoms with Gasteiger partial charge in [-0.2, -0.15) is 0 Å². The maximum absolute atomic E-state index is 11.7. The highest BCUT2D eigenvalue weighted by atomic mass is 32.2. The summed E-state index contributed by atoms with van der Waals surface area (Å²) in [4.78, 5) is 11.2. The topological polar surface area (TPSA) is 113 Å². The fourth-order valence-electron chi connectivity index (χ4n) is 5.93. The van der Waals surface area contributed by atoms with Crippen LogP contribution in [-0.4, -0.2) is 77.8 Å². The third kappa shape index (κ3) is 5.19. The van der Waals surface area contributed by atoms with Crippen LogP contribution >= 0.6 is 0 Å². The zero-order chi connectivity index (χ0) is 25.6. The van der Waals surface area contributed by atoms with E-state index in [-0.39, 0.29) is 17.6 Å². The molecule has 37 heavy (non-hydrogen) atoms. The van der Waals surface area contributed by atoms with Crippen molar-refractivity contribution in [1.82, 2.24) is 19.4 Å². The molecule has 3 aliphatic rings. The summed E-state index contributed by atoms with van der Waals surface area (Å²) in [6, 6.07) is 8.44. The lowest BCUT2D eigenvalue weighted by molar-refractivity contribution is 0.0265. The summed E-state index contributed by atoms with van der Waals surface area (Å²) in [6.07, 6.45) is 8.33. The SMILES string of the molecule is CC1CCC(COc2cccc(-c3cn(C4CC(CN5CCS(=O)(=O)CC5)C4)c4ncnc(N)c34)c2)O1. The first-order valence-corrected chi connectivity index (χ1v) is 15.1. The maximum atomic E-state index is 11.7. The average molecular weight is 526 g/mol. The molecule has 0 spiro atoms. The van der Waals surface area contributed by atoms with Crippen LogP contribution in [0.1, 0.15) is 38.6 Å². The van der Waals surface area contributed by atoms with Crippen LogP contribution in [-0.2, 0) is 14.6 Å². The largest absolute Gasteiger partial charge is 0.491 e. The van der Waals surface area contributed by atoms with E-state index in [1.165, 1.54) is 6.33 Å². The number of anilines is 1. The molecule has 2 aliphatic heterocycles. The van der Waals surface area contributed by atoms with Gasteiger partial charge >= 0.3 is 0 Å². The molecule has 2 atom stereocenters. The van der Waals surface area contributed by atoms with Gasteiger partial charge in [0.25, 0.3) is 0 Å². The van der Waals surface area contributed by atoms with Crippen molar-refractivity contribution in [2.75, 3.05) is 43.5 Å². The van der Waals surface area contributed by atoms with E-state index >= 15 is 0 Å². The molecule has 0 radical (unpaired) electrons. The van der Waals surface area contributed by atoms with Gasteiger partial charge < -0.3 is 24.7 Å². The average Bonchev–Trinajstić information content (AvgIpc) is 3.45. The third-order valence-corrected chi connectivity index (χ3v) is 9.71. The molecule has 1 aliphatic carbocycles. The lowest BCUT2D eigenvalue weighted by Crippen LogP contribution is -2.44. The second-order valence-corrected chi connectivity index (χ2v) is 13.1. The van der Waals surface area contributed by atoms with Crippen LogP contribution in [0, 0.1) is 5.92 Å². The molecule has 3 fully saturated rings. The first kappa shape index (κ1) is 24.6. The Morgan fingerprint density at radius 2 is 1.97 bits per heavy atom. The maximum Gasteiger partial charge on any atom is 0.152 e. The lowest BCUT2D eigenvalue weighted by atomic mass is 9.79. The van der Waals surface area contributed by atoms with Gasteiger partial charge in [-0.25, -0.2) is 18.4 Å². The molecule has 9 nitrogen and oxygen atoms in total. The van der Waals surface area contributed by atoms with Gasteiger partial charge in [0.1, 0.15) is 30.1 Å². The number of ether oxygens (including phenoxy) is 2. The number of rotatable bonds is 7. The summed E-state index contributed by atoms with van der Waals surface area (Å²) in [6.45, 7) is 4.90. The summed E-state index contributed by atoms with van der Waals surface area (Å²) in [5.74, 6) is 2.40. The van der Waals surface area contributed by atoms with Gasteiger partial charge in [0, 0.05) is 37.4 Å². The van der Waals surface area contributed by atoms with Crippen LogP contribution < -0.4 is 10.5 Å². The molecule has 0 amide bonds. The smallest absolute Gasteiger partial charge is 0.152 e. The van der Waals surface area contributed by atoms with Gasteiger partial charge in [0.15, 0.2) is 9.84 Å². The molecule has 4 heterocycles. The number of benzene rings is 1. The molecule has 1 aromatic carbocycles. The number of nitrogens with zero attached hydrogens (tertiary/aromatic N) is 4. The second kappa shape index (κ2) is 9.89. The van der Waals surface area contributed by atoms with Crippen molar-refractivity contribution in [2.24, 2.45) is 5.92 Å². The summed E-state index contributed by atoms with van der Waals surface area (Å²) >= 11 is 0. The van der Waals surface area contributed by atoms with E-state index in [4.69, 9.17) is 15.2 Å². The number of nitrogen functional groups attached to an aromatic ring is 1. The van der Waals surface area contributed by atoms with Crippen molar-refractivity contribution < 1.29 is 17.9 Å². The van der Waals surface area contributed by atoms with Crippen molar-refractivity contribution in [3.8, 4) is 16.9 Å². The van der Waals surface area contributed by atoms with Crippen LogP contribution in [0.3, 0.4) is 0 Å². The van der Waals surface area contributed by atoms with Crippen LogP contribution in [0.25, 0.3) is 22.2 Å². The lowest BCUT2D eigenvalue weighted by Gasteiger charge is -2.40. The van der Waals surface area contributed by atoms with Gasteiger partial charge in [-0.15, -0.1) is 0 Å². The Bertz CT molecular complexity index is 1370. The first-order valence-electron chi connectivity index (χ1n) is 13.3. The Morgan fingerprint density at radius 1 is 1.16 bits per heavy atom. The van der Waals surface area contributed by atoms with Gasteiger partial charge in [-0.3, -0.25) is 0 Å². The predicted molar refractivity (Wildman–Crippen MR) is 143 cm³/mol. The minimum absolute atomic E-state index is 0.144. The Labute approximate surface area is 217 Å². The molecule has 2 aromatic heterocycles. The third-order valence-electron chi connectivity index (χ3n) is 8.10. The number of aromatic nitrogens is 3. The first-order chi connectivity index (χ1) is 17.8. The quantitative estimate of drug-likeness (QED) is 0.500. The molecule has 2 N–H and O–H groups in total. The van der Waals surface area contributed by atoms with E-state index < -0.39 is 9.84 Å². The predicted octanol–water partition coefficient (Wildman–Crippen LogP) is 3.31. The summed E-state index contributed by atoms with van der Waals surface area (Å²) in [7, 11) is -2.85. The van der Waals surface area contributed by atoms with Crippen molar-refractivity contribution in [3.05, 3.63) is 36.8 Å². The van der Waals surface area contributed by atoms with E-state index in [1.807, 2.05) is 12.1 Å². The Balaban J connectivity index is 1.18. The van der Waals surface area contributed by atoms with Gasteiger partial charge in [-0.05, 0) is 56.2 Å². The van der Waals surface area contributed by atoms with Crippen molar-refractivity contribution in [2.45, 2.75) is 50.9 Å². The zero-order valence-corrected chi connectivity index (χ0v) is 22.1. The van der Waals surface area contributed by atoms with Gasteiger partial charge in [0.05, 0.1) is 29.1 Å². The summed E-state index contributed by atoms with van der Waals surface area (Å²) in [5, 5.41) is 0.872. The fourth-order valence-corrected chi connectivity index (χ4v) is 7.21. The van der Waals surface area contributed by atoms with Crippen LogP contribution in [0.2, 0.25) is 0 Å². The Morgan fingerprint density at radius 3 is 2.73 bits per heavy atom. The minimum Gasteiger partial charge on any atom is -0.491 e. The fraction of sp³-hybridized carbons (Fsp3) is 0.556. The highest BCUT2D eigenvalue weighted by Crippen LogP contribution is 2.43. The molecule has 1 saturated carbocycles. The Kier molecular flexibility index (Phi) is 6.58. The molecule has 6 rings (SSSR count). The van der Waals surface area contributed by atoms with Gasteiger partial charge in [-0.1, -0.05) is 12.1 Å². The van der Waals surface area contributed by atoms with E-state index in [1.54, 1.807) is 0 Å². The number of hydrogen-bond donors (Lipinski definition) is 1. The van der Waals surface area contributed by atoms with Crippen molar-refractivity contribution >= 4 is 26.7 Å². The van der Waals surface area contributed by atoms with Crippen LogP contribution in [0.4, 0.5) is 5.82 Å². The molecular weight excluding hydrogens is 490 g/mol. The van der Waals surface area contributed by atoms with E-state index in [0.717, 1.165) is 60.1 Å². The molecule has 2 saturated heterocycles. The number of fused-ring (bicyclic) bond motifs is 1.